The number of piperidine rings is 1. The summed E-state index contributed by atoms with van der Waals surface area (Å²) in [5.41, 5.74) is 6.99. The van der Waals surface area contributed by atoms with Gasteiger partial charge in [-0.15, -0.1) is 10.2 Å². The van der Waals surface area contributed by atoms with E-state index in [9.17, 15) is 4.39 Å². The highest BCUT2D eigenvalue weighted by molar-refractivity contribution is 6.30. The second-order valence-electron chi connectivity index (χ2n) is 8.23. The van der Waals surface area contributed by atoms with Gasteiger partial charge >= 0.3 is 0 Å². The zero-order valence-corrected chi connectivity index (χ0v) is 17.6. The average Bonchev–Trinajstić information content (AvgIpc) is 3.16. The van der Waals surface area contributed by atoms with Crippen LogP contribution in [0.2, 0.25) is 5.02 Å². The van der Waals surface area contributed by atoms with Crippen LogP contribution in [0.1, 0.15) is 31.7 Å². The van der Waals surface area contributed by atoms with Gasteiger partial charge in [0.15, 0.2) is 0 Å². The standard InChI is InChI=1S/C21H29ClFN5O/c1-14(23)19-12-28(18(13-29-19)10-15-2-4-16(22)5-3-15)17-6-8-27(9-7-17)21-11-20(24)25-26-21/h2-5,14,17-19H,6-13H2,1H3,(H2,24,25)/t14?,18-,19+/m0/s1. The van der Waals surface area contributed by atoms with Crippen LogP contribution in [0.3, 0.4) is 0 Å². The number of halogens is 2. The minimum absolute atomic E-state index is 0.241. The Hall–Kier alpha value is -1.70. The molecule has 0 aliphatic carbocycles. The summed E-state index contributed by atoms with van der Waals surface area (Å²) in [6.45, 7) is 4.63. The second kappa shape index (κ2) is 8.98. The van der Waals surface area contributed by atoms with E-state index < -0.39 is 6.17 Å². The predicted octanol–water partition coefficient (Wildman–Crippen LogP) is 2.85. The summed E-state index contributed by atoms with van der Waals surface area (Å²) in [7, 11) is 0. The smallest absolute Gasteiger partial charge is 0.135 e. The van der Waals surface area contributed by atoms with Crippen LogP contribution in [0.5, 0.6) is 0 Å². The molecule has 2 saturated heterocycles. The fourth-order valence-electron chi connectivity index (χ4n) is 4.52. The van der Waals surface area contributed by atoms with Crippen molar-refractivity contribution in [2.24, 2.45) is 15.9 Å². The molecular weight excluding hydrogens is 393 g/mol. The highest BCUT2D eigenvalue weighted by atomic mass is 35.5. The number of morpholine rings is 1. The number of likely N-dealkylation sites (tertiary alicyclic amines) is 1. The third-order valence-corrected chi connectivity index (χ3v) is 6.44. The van der Waals surface area contributed by atoms with E-state index in [0.717, 1.165) is 43.2 Å². The monoisotopic (exact) mass is 421 g/mol. The van der Waals surface area contributed by atoms with E-state index in [-0.39, 0.29) is 12.1 Å². The average molecular weight is 422 g/mol. The van der Waals surface area contributed by atoms with Crippen molar-refractivity contribution >= 4 is 23.3 Å². The lowest BCUT2D eigenvalue weighted by Crippen LogP contribution is -2.58. The maximum Gasteiger partial charge on any atom is 0.135 e. The molecule has 1 unspecified atom stereocenters. The number of hydrogen-bond acceptors (Lipinski definition) is 6. The summed E-state index contributed by atoms with van der Waals surface area (Å²) in [6, 6.07) is 8.63. The Balaban J connectivity index is 1.41. The molecule has 3 heterocycles. The molecule has 0 bridgehead atoms. The number of alkyl halides is 1. The molecule has 3 aliphatic heterocycles. The highest BCUT2D eigenvalue weighted by Gasteiger charge is 2.37. The summed E-state index contributed by atoms with van der Waals surface area (Å²) < 4.78 is 19.9. The molecule has 3 aliphatic rings. The Labute approximate surface area is 176 Å². The summed E-state index contributed by atoms with van der Waals surface area (Å²) in [4.78, 5) is 4.77. The number of rotatable bonds is 4. The van der Waals surface area contributed by atoms with Crippen molar-refractivity contribution in [2.45, 2.75) is 57.0 Å². The van der Waals surface area contributed by atoms with Crippen LogP contribution in [0.15, 0.2) is 34.5 Å². The Morgan fingerprint density at radius 3 is 2.59 bits per heavy atom. The van der Waals surface area contributed by atoms with Gasteiger partial charge in [-0.1, -0.05) is 23.7 Å². The lowest BCUT2D eigenvalue weighted by Gasteiger charge is -2.47. The van der Waals surface area contributed by atoms with Crippen LogP contribution in [-0.2, 0) is 11.2 Å². The molecule has 29 heavy (non-hydrogen) atoms. The first-order chi connectivity index (χ1) is 14.0. The van der Waals surface area contributed by atoms with Gasteiger partial charge in [0.1, 0.15) is 23.9 Å². The van der Waals surface area contributed by atoms with Gasteiger partial charge in [-0.25, -0.2) is 4.39 Å². The van der Waals surface area contributed by atoms with Gasteiger partial charge in [-0.05, 0) is 43.9 Å². The van der Waals surface area contributed by atoms with Crippen LogP contribution in [0.25, 0.3) is 0 Å². The first-order valence-corrected chi connectivity index (χ1v) is 10.8. The fraction of sp³-hybridized carbons (Fsp3) is 0.619. The molecule has 8 heteroatoms. The minimum atomic E-state index is -0.970. The van der Waals surface area contributed by atoms with Gasteiger partial charge in [-0.2, -0.15) is 0 Å². The van der Waals surface area contributed by atoms with E-state index in [1.54, 1.807) is 6.92 Å². The van der Waals surface area contributed by atoms with Gasteiger partial charge in [0.2, 0.25) is 0 Å². The lowest BCUT2D eigenvalue weighted by molar-refractivity contribution is -0.107. The van der Waals surface area contributed by atoms with Crippen molar-refractivity contribution in [2.75, 3.05) is 26.2 Å². The Kier molecular flexibility index (Phi) is 6.37. The van der Waals surface area contributed by atoms with Crippen molar-refractivity contribution in [1.29, 1.82) is 0 Å². The summed E-state index contributed by atoms with van der Waals surface area (Å²) in [5, 5.41) is 8.90. The normalized spacial score (nSPS) is 27.6. The molecule has 0 aromatic heterocycles. The number of nitrogens with zero attached hydrogens (tertiary/aromatic N) is 4. The van der Waals surface area contributed by atoms with Crippen LogP contribution in [0.4, 0.5) is 4.39 Å². The third kappa shape index (κ3) is 4.90. The zero-order chi connectivity index (χ0) is 20.4. The quantitative estimate of drug-likeness (QED) is 0.811. The molecule has 2 N–H and O–H groups in total. The van der Waals surface area contributed by atoms with E-state index in [4.69, 9.17) is 22.1 Å². The van der Waals surface area contributed by atoms with Gasteiger partial charge < -0.3 is 15.4 Å². The van der Waals surface area contributed by atoms with E-state index in [1.165, 1.54) is 5.56 Å². The molecule has 158 valence electrons. The van der Waals surface area contributed by atoms with Crippen molar-refractivity contribution < 1.29 is 9.13 Å². The topological polar surface area (TPSA) is 66.5 Å². The Bertz CT molecular complexity index is 761. The number of hydrogen-bond donors (Lipinski definition) is 1. The maximum absolute atomic E-state index is 14.0. The molecule has 2 fully saturated rings. The molecule has 3 atom stereocenters. The second-order valence-corrected chi connectivity index (χ2v) is 8.67. The molecule has 1 aromatic carbocycles. The van der Waals surface area contributed by atoms with Crippen molar-refractivity contribution in [3.8, 4) is 0 Å². The zero-order valence-electron chi connectivity index (χ0n) is 16.8. The van der Waals surface area contributed by atoms with E-state index in [1.807, 2.05) is 12.1 Å². The molecule has 0 saturated carbocycles. The molecule has 1 aromatic rings. The van der Waals surface area contributed by atoms with Gasteiger partial charge in [0, 0.05) is 36.7 Å². The number of amidine groups is 2. The fourth-order valence-corrected chi connectivity index (χ4v) is 4.65. The Morgan fingerprint density at radius 1 is 1.24 bits per heavy atom. The molecule has 4 rings (SSSR count). The molecule has 0 amide bonds. The van der Waals surface area contributed by atoms with Crippen molar-refractivity contribution in [3.63, 3.8) is 0 Å². The van der Waals surface area contributed by atoms with E-state index in [2.05, 4.69) is 32.1 Å². The molecule has 6 nitrogen and oxygen atoms in total. The summed E-state index contributed by atoms with van der Waals surface area (Å²) in [5.74, 6) is 1.55. The highest BCUT2D eigenvalue weighted by Crippen LogP contribution is 2.27. The first-order valence-electron chi connectivity index (χ1n) is 10.4. The molecule has 0 radical (unpaired) electrons. The van der Waals surface area contributed by atoms with Gasteiger partial charge in [0.05, 0.1) is 13.0 Å². The van der Waals surface area contributed by atoms with Gasteiger partial charge in [0.25, 0.3) is 0 Å². The predicted molar refractivity (Wildman–Crippen MR) is 114 cm³/mol. The van der Waals surface area contributed by atoms with Crippen LogP contribution < -0.4 is 5.73 Å². The lowest BCUT2D eigenvalue weighted by atomic mass is 9.95. The largest absolute Gasteiger partial charge is 0.385 e. The SMILES string of the molecule is CC(F)[C@H]1CN(C2CCN(C3=NN=C(N)C3)CC2)[C@@H](Cc2ccc(Cl)cc2)CO1. The minimum Gasteiger partial charge on any atom is -0.385 e. The van der Waals surface area contributed by atoms with Crippen molar-refractivity contribution in [3.05, 3.63) is 34.9 Å². The molecular formula is C21H29ClFN5O. The van der Waals surface area contributed by atoms with E-state index >= 15 is 0 Å². The first kappa shape index (κ1) is 20.6. The van der Waals surface area contributed by atoms with Crippen LogP contribution in [-0.4, -0.2) is 72.1 Å². The van der Waals surface area contributed by atoms with Crippen molar-refractivity contribution in [1.82, 2.24) is 9.80 Å². The number of ether oxygens (including phenoxy) is 1. The molecule has 0 spiro atoms. The van der Waals surface area contributed by atoms with Crippen LogP contribution in [0, 0.1) is 0 Å². The van der Waals surface area contributed by atoms with E-state index in [0.29, 0.717) is 31.4 Å². The van der Waals surface area contributed by atoms with Crippen LogP contribution >= 0.6 is 11.6 Å². The summed E-state index contributed by atoms with van der Waals surface area (Å²) >= 11 is 6.03. The number of benzene rings is 1. The number of nitrogens with two attached hydrogens (primary N) is 1. The maximum atomic E-state index is 14.0. The summed E-state index contributed by atoms with van der Waals surface area (Å²) in [6.07, 6.45) is 2.22. The third-order valence-electron chi connectivity index (χ3n) is 6.19. The van der Waals surface area contributed by atoms with Gasteiger partial charge in [-0.3, -0.25) is 4.90 Å². The Morgan fingerprint density at radius 2 is 1.97 bits per heavy atom.